The van der Waals surface area contributed by atoms with Gasteiger partial charge in [-0.1, -0.05) is 31.5 Å². The second-order valence-electron chi connectivity index (χ2n) is 4.66. The molecule has 104 valence electrons. The second kappa shape index (κ2) is 6.82. The Kier molecular flexibility index (Phi) is 5.10. The third-order valence-electron chi connectivity index (χ3n) is 2.57. The lowest BCUT2D eigenvalue weighted by molar-refractivity contribution is 0.102. The summed E-state index contributed by atoms with van der Waals surface area (Å²) in [5, 5.41) is 3.96. The Morgan fingerprint density at radius 3 is 2.45 bits per heavy atom. The fourth-order valence-corrected chi connectivity index (χ4v) is 2.75. The number of benzene rings is 2. The van der Waals surface area contributed by atoms with E-state index in [9.17, 15) is 4.79 Å². The summed E-state index contributed by atoms with van der Waals surface area (Å²) in [5.74, 6) is -0.156. The predicted molar refractivity (Wildman–Crippen MR) is 86.8 cm³/mol. The molecule has 0 saturated heterocycles. The number of amides is 1. The molecule has 0 saturated carbocycles. The van der Waals surface area contributed by atoms with Gasteiger partial charge in [-0.3, -0.25) is 4.79 Å². The molecule has 0 heterocycles. The molecule has 1 N–H and O–H groups in total. The summed E-state index contributed by atoms with van der Waals surface area (Å²) in [5.41, 5.74) is 1.33. The minimum absolute atomic E-state index is 0.156. The van der Waals surface area contributed by atoms with E-state index in [0.29, 0.717) is 15.8 Å². The van der Waals surface area contributed by atoms with Gasteiger partial charge < -0.3 is 5.32 Å². The molecule has 2 rings (SSSR count). The highest BCUT2D eigenvalue weighted by atomic mass is 35.5. The van der Waals surface area contributed by atoms with Crippen LogP contribution in [0, 0.1) is 0 Å². The van der Waals surface area contributed by atoms with Crippen molar-refractivity contribution in [3.63, 3.8) is 0 Å². The smallest absolute Gasteiger partial charge is 0.255 e. The van der Waals surface area contributed by atoms with Crippen molar-refractivity contribution in [1.82, 2.24) is 0 Å². The minimum Gasteiger partial charge on any atom is -0.322 e. The molecule has 2 aromatic carbocycles. The van der Waals surface area contributed by atoms with Gasteiger partial charge in [-0.15, -0.1) is 11.8 Å². The first-order chi connectivity index (χ1) is 9.54. The first kappa shape index (κ1) is 14.9. The zero-order valence-electron chi connectivity index (χ0n) is 11.4. The number of thioether (sulfide) groups is 1. The van der Waals surface area contributed by atoms with Gasteiger partial charge in [-0.2, -0.15) is 0 Å². The number of carbonyl (C=O) groups is 1. The zero-order chi connectivity index (χ0) is 14.5. The lowest BCUT2D eigenvalue weighted by atomic mass is 10.2. The molecule has 4 heteroatoms. The standard InChI is InChI=1S/C16H16ClNOS/c1-11(2)20-15-8-6-14(7-9-15)18-16(19)12-4-3-5-13(17)10-12/h3-11H,1-2H3,(H,18,19). The van der Waals surface area contributed by atoms with Crippen LogP contribution in [0.15, 0.2) is 53.4 Å². The van der Waals surface area contributed by atoms with Crippen LogP contribution in [0.4, 0.5) is 5.69 Å². The first-order valence-corrected chi connectivity index (χ1v) is 7.64. The molecule has 0 unspecified atom stereocenters. The summed E-state index contributed by atoms with van der Waals surface area (Å²) in [6.07, 6.45) is 0. The van der Waals surface area contributed by atoms with Gasteiger partial charge in [0.2, 0.25) is 0 Å². The fourth-order valence-electron chi connectivity index (χ4n) is 1.72. The highest BCUT2D eigenvalue weighted by Crippen LogP contribution is 2.24. The molecule has 0 bridgehead atoms. The maximum atomic E-state index is 12.1. The summed E-state index contributed by atoms with van der Waals surface area (Å²) < 4.78 is 0. The number of halogens is 1. The van der Waals surface area contributed by atoms with E-state index in [1.807, 2.05) is 24.3 Å². The van der Waals surface area contributed by atoms with Crippen LogP contribution in [0.2, 0.25) is 5.02 Å². The van der Waals surface area contributed by atoms with Crippen LogP contribution < -0.4 is 5.32 Å². The molecular formula is C16H16ClNOS. The van der Waals surface area contributed by atoms with E-state index in [2.05, 4.69) is 19.2 Å². The van der Waals surface area contributed by atoms with Crippen LogP contribution >= 0.6 is 23.4 Å². The Bertz CT molecular complexity index is 596. The third kappa shape index (κ3) is 4.29. The Balaban J connectivity index is 2.04. The Morgan fingerprint density at radius 2 is 1.85 bits per heavy atom. The molecule has 0 atom stereocenters. The van der Waals surface area contributed by atoms with Gasteiger partial charge in [-0.05, 0) is 42.5 Å². The van der Waals surface area contributed by atoms with Gasteiger partial charge in [0.05, 0.1) is 0 Å². The summed E-state index contributed by atoms with van der Waals surface area (Å²) in [4.78, 5) is 13.2. The summed E-state index contributed by atoms with van der Waals surface area (Å²) >= 11 is 7.67. The molecule has 0 aliphatic rings. The van der Waals surface area contributed by atoms with E-state index in [4.69, 9.17) is 11.6 Å². The maximum absolute atomic E-state index is 12.1. The van der Waals surface area contributed by atoms with Crippen molar-refractivity contribution in [2.45, 2.75) is 24.0 Å². The quantitative estimate of drug-likeness (QED) is 0.797. The van der Waals surface area contributed by atoms with Crippen LogP contribution in [-0.2, 0) is 0 Å². The Labute approximate surface area is 128 Å². The van der Waals surface area contributed by atoms with Gasteiger partial charge in [-0.25, -0.2) is 0 Å². The number of hydrogen-bond acceptors (Lipinski definition) is 2. The summed E-state index contributed by atoms with van der Waals surface area (Å²) in [6.45, 7) is 4.30. The van der Waals surface area contributed by atoms with Gasteiger partial charge in [0.25, 0.3) is 5.91 Å². The molecule has 2 nitrogen and oxygen atoms in total. The van der Waals surface area contributed by atoms with E-state index in [-0.39, 0.29) is 5.91 Å². The first-order valence-electron chi connectivity index (χ1n) is 6.38. The minimum atomic E-state index is -0.156. The van der Waals surface area contributed by atoms with Crippen molar-refractivity contribution in [2.24, 2.45) is 0 Å². The van der Waals surface area contributed by atoms with Crippen LogP contribution in [-0.4, -0.2) is 11.2 Å². The molecule has 0 aliphatic heterocycles. The number of rotatable bonds is 4. The average Bonchev–Trinajstić information content (AvgIpc) is 2.40. The van der Waals surface area contributed by atoms with E-state index < -0.39 is 0 Å². The van der Waals surface area contributed by atoms with Crippen molar-refractivity contribution in [1.29, 1.82) is 0 Å². The highest BCUT2D eigenvalue weighted by Gasteiger charge is 2.06. The molecule has 0 spiro atoms. The van der Waals surface area contributed by atoms with Crippen molar-refractivity contribution in [3.8, 4) is 0 Å². The Hall–Kier alpha value is -1.45. The van der Waals surface area contributed by atoms with Crippen LogP contribution in [0.3, 0.4) is 0 Å². The predicted octanol–water partition coefficient (Wildman–Crippen LogP) is 5.09. The average molecular weight is 306 g/mol. The molecule has 1 amide bonds. The molecule has 0 fully saturated rings. The summed E-state index contributed by atoms with van der Waals surface area (Å²) in [6, 6.07) is 14.7. The molecular weight excluding hydrogens is 290 g/mol. The number of hydrogen-bond donors (Lipinski definition) is 1. The lowest BCUT2D eigenvalue weighted by Gasteiger charge is -2.08. The van der Waals surface area contributed by atoms with E-state index in [0.717, 1.165) is 5.69 Å². The van der Waals surface area contributed by atoms with Gasteiger partial charge in [0.15, 0.2) is 0 Å². The fraction of sp³-hybridized carbons (Fsp3) is 0.188. The van der Waals surface area contributed by atoms with E-state index >= 15 is 0 Å². The van der Waals surface area contributed by atoms with Crippen LogP contribution in [0.25, 0.3) is 0 Å². The second-order valence-corrected chi connectivity index (χ2v) is 6.74. The van der Waals surface area contributed by atoms with Gasteiger partial charge in [0, 0.05) is 26.4 Å². The number of carbonyl (C=O) groups excluding carboxylic acids is 1. The topological polar surface area (TPSA) is 29.1 Å². The number of nitrogens with one attached hydrogen (secondary N) is 1. The van der Waals surface area contributed by atoms with Crippen LogP contribution in [0.5, 0.6) is 0 Å². The van der Waals surface area contributed by atoms with E-state index in [1.165, 1.54) is 4.90 Å². The normalized spacial score (nSPS) is 10.6. The molecule has 2 aromatic rings. The zero-order valence-corrected chi connectivity index (χ0v) is 13.0. The van der Waals surface area contributed by atoms with Crippen molar-refractivity contribution < 1.29 is 4.79 Å². The summed E-state index contributed by atoms with van der Waals surface area (Å²) in [7, 11) is 0. The molecule has 0 aromatic heterocycles. The van der Waals surface area contributed by atoms with Crippen molar-refractivity contribution in [3.05, 3.63) is 59.1 Å². The molecule has 0 aliphatic carbocycles. The van der Waals surface area contributed by atoms with Gasteiger partial charge in [0.1, 0.15) is 0 Å². The Morgan fingerprint density at radius 1 is 1.15 bits per heavy atom. The van der Waals surface area contributed by atoms with Crippen molar-refractivity contribution in [2.75, 3.05) is 5.32 Å². The lowest BCUT2D eigenvalue weighted by Crippen LogP contribution is -2.11. The SMILES string of the molecule is CC(C)Sc1ccc(NC(=O)c2cccc(Cl)c2)cc1. The monoisotopic (exact) mass is 305 g/mol. The maximum Gasteiger partial charge on any atom is 0.255 e. The third-order valence-corrected chi connectivity index (χ3v) is 3.82. The van der Waals surface area contributed by atoms with Gasteiger partial charge >= 0.3 is 0 Å². The molecule has 0 radical (unpaired) electrons. The van der Waals surface area contributed by atoms with E-state index in [1.54, 1.807) is 36.0 Å². The van der Waals surface area contributed by atoms with Crippen molar-refractivity contribution >= 4 is 35.0 Å². The van der Waals surface area contributed by atoms with Crippen LogP contribution in [0.1, 0.15) is 24.2 Å². The number of anilines is 1. The molecule has 20 heavy (non-hydrogen) atoms. The highest BCUT2D eigenvalue weighted by molar-refractivity contribution is 7.99. The largest absolute Gasteiger partial charge is 0.322 e.